The van der Waals surface area contributed by atoms with Crippen molar-refractivity contribution >= 4 is 49.3 Å². The van der Waals surface area contributed by atoms with E-state index in [4.69, 9.17) is 0 Å². The quantitative estimate of drug-likeness (QED) is 0.0944. The van der Waals surface area contributed by atoms with E-state index in [0.29, 0.717) is 0 Å². The number of carbonyl (C=O) groups is 1. The van der Waals surface area contributed by atoms with Gasteiger partial charge in [-0.05, 0) is 73.6 Å². The number of rotatable bonds is 8. The second-order valence-corrected chi connectivity index (χ2v) is 13.5. The fourth-order valence-electron chi connectivity index (χ4n) is 6.19. The number of benzene rings is 4. The van der Waals surface area contributed by atoms with Crippen molar-refractivity contribution in [1.82, 2.24) is 14.5 Å². The molecule has 1 radical (unpaired) electrons. The van der Waals surface area contributed by atoms with Gasteiger partial charge in [-0.3, -0.25) is 9.78 Å². The zero-order valence-corrected chi connectivity index (χ0v) is 32.2. The van der Waals surface area contributed by atoms with Gasteiger partial charge < -0.3 is 9.67 Å². The number of aliphatic hydroxyl groups is 1. The Morgan fingerprint density at radius 3 is 2.02 bits per heavy atom. The van der Waals surface area contributed by atoms with Crippen LogP contribution in [0.3, 0.4) is 0 Å². The Balaban J connectivity index is 0.000000251. The van der Waals surface area contributed by atoms with Gasteiger partial charge in [0.15, 0.2) is 5.78 Å². The maximum atomic E-state index is 12.2. The molecule has 6 aromatic rings. The van der Waals surface area contributed by atoms with Crippen molar-refractivity contribution in [2.24, 2.45) is 17.9 Å². The predicted octanol–water partition coefficient (Wildman–Crippen LogP) is 11.2. The number of allylic oxidation sites excluding steroid dienone is 2. The van der Waals surface area contributed by atoms with Crippen molar-refractivity contribution in [3.63, 3.8) is 0 Å². The van der Waals surface area contributed by atoms with Gasteiger partial charge in [0.2, 0.25) is 0 Å². The number of fused-ring (bicyclic) bond motifs is 5. The molecule has 6 heteroatoms. The van der Waals surface area contributed by atoms with Crippen molar-refractivity contribution in [3.8, 4) is 11.3 Å². The number of carbonyl (C=O) groups excluding carboxylic acids is 1. The van der Waals surface area contributed by atoms with Gasteiger partial charge in [-0.15, -0.1) is 29.1 Å². The Morgan fingerprint density at radius 1 is 0.833 bits per heavy atom. The molecular formula is C42H48IrN3O2-. The molecular weight excluding hydrogens is 771 g/mol. The maximum Gasteiger partial charge on any atom is 0.164 e. The number of aliphatic hydroxyl groups excluding tert-OH is 1. The zero-order valence-electron chi connectivity index (χ0n) is 29.8. The minimum absolute atomic E-state index is 0. The summed E-state index contributed by atoms with van der Waals surface area (Å²) in [6.07, 6.45) is 6.43. The normalized spacial score (nSPS) is 12.3. The van der Waals surface area contributed by atoms with E-state index >= 15 is 0 Å². The molecule has 0 aliphatic heterocycles. The number of hydrogen-bond acceptors (Lipinski definition) is 4. The predicted molar refractivity (Wildman–Crippen MR) is 198 cm³/mol. The van der Waals surface area contributed by atoms with Crippen LogP contribution in [0, 0.1) is 30.7 Å². The van der Waals surface area contributed by atoms with Gasteiger partial charge in [-0.25, -0.2) is 4.98 Å². The molecule has 0 spiro atoms. The van der Waals surface area contributed by atoms with E-state index in [0.717, 1.165) is 53.4 Å². The summed E-state index contributed by atoms with van der Waals surface area (Å²) in [5.74, 6) is 0.286. The molecule has 253 valence electrons. The first-order chi connectivity index (χ1) is 22.4. The average molecular weight is 819 g/mol. The summed E-state index contributed by atoms with van der Waals surface area (Å²) >= 11 is 0. The van der Waals surface area contributed by atoms with Gasteiger partial charge in [0.1, 0.15) is 12.1 Å². The van der Waals surface area contributed by atoms with Gasteiger partial charge in [-0.1, -0.05) is 83.3 Å². The molecule has 2 heterocycles. The Hall–Kier alpha value is -3.86. The molecule has 0 bridgehead atoms. The molecule has 2 aromatic heterocycles. The molecule has 48 heavy (non-hydrogen) atoms. The zero-order chi connectivity index (χ0) is 34.1. The molecule has 0 aliphatic carbocycles. The number of hydrogen-bond donors (Lipinski definition) is 1. The SMILES string of the molecule is CCC(C)(CC)C(=O)/C=C(\O)C(C)(CC)CC.Cc1cc2cc3c4ncnc(-c5[c-]cc6ccccc6c5)c4n(C)c3cc2cc1C.[Ir]. The van der Waals surface area contributed by atoms with Crippen LogP contribution in [-0.2, 0) is 31.9 Å². The van der Waals surface area contributed by atoms with Crippen LogP contribution in [-0.4, -0.2) is 25.4 Å². The van der Waals surface area contributed by atoms with Gasteiger partial charge in [0.05, 0.1) is 16.6 Å². The van der Waals surface area contributed by atoms with Crippen LogP contribution < -0.4 is 0 Å². The molecule has 1 N–H and O–H groups in total. The smallest absolute Gasteiger partial charge is 0.164 e. The summed E-state index contributed by atoms with van der Waals surface area (Å²) in [7, 11) is 2.10. The molecule has 4 aromatic carbocycles. The minimum Gasteiger partial charge on any atom is -0.512 e. The number of nitrogens with zero attached hydrogens (tertiary/aromatic N) is 3. The molecule has 0 fully saturated rings. The number of aromatic nitrogens is 3. The third-order valence-electron chi connectivity index (χ3n) is 10.9. The summed E-state index contributed by atoms with van der Waals surface area (Å²) in [4.78, 5) is 21.5. The third kappa shape index (κ3) is 6.84. The van der Waals surface area contributed by atoms with E-state index in [2.05, 4.69) is 96.1 Å². The van der Waals surface area contributed by atoms with Crippen molar-refractivity contribution in [2.45, 2.75) is 81.1 Å². The van der Waals surface area contributed by atoms with Crippen molar-refractivity contribution < 1.29 is 30.0 Å². The average Bonchev–Trinajstić information content (AvgIpc) is 3.37. The van der Waals surface area contributed by atoms with Crippen LogP contribution in [0.1, 0.15) is 78.4 Å². The maximum absolute atomic E-state index is 12.2. The summed E-state index contributed by atoms with van der Waals surface area (Å²) in [6, 6.07) is 25.1. The fraction of sp³-hybridized carbons (Fsp3) is 0.357. The first-order valence-electron chi connectivity index (χ1n) is 16.9. The molecule has 0 amide bonds. The fourth-order valence-corrected chi connectivity index (χ4v) is 6.19. The Morgan fingerprint density at radius 2 is 1.42 bits per heavy atom. The van der Waals surface area contributed by atoms with Crippen molar-refractivity contribution in [3.05, 3.63) is 96.0 Å². The van der Waals surface area contributed by atoms with Gasteiger partial charge in [0.25, 0.3) is 0 Å². The Labute approximate surface area is 298 Å². The molecule has 0 saturated carbocycles. The van der Waals surface area contributed by atoms with Crippen LogP contribution >= 0.6 is 0 Å². The molecule has 0 saturated heterocycles. The number of ketones is 1. The Bertz CT molecular complexity index is 2130. The minimum atomic E-state index is -0.337. The van der Waals surface area contributed by atoms with Crippen molar-refractivity contribution in [2.75, 3.05) is 0 Å². The first kappa shape index (κ1) is 37.0. The van der Waals surface area contributed by atoms with Gasteiger partial charge in [0, 0.05) is 55.1 Å². The van der Waals surface area contributed by atoms with Crippen molar-refractivity contribution in [1.29, 1.82) is 0 Å². The van der Waals surface area contributed by atoms with Crippen LogP contribution in [0.2, 0.25) is 0 Å². The van der Waals surface area contributed by atoms with Crippen LogP contribution in [0.15, 0.2) is 78.8 Å². The van der Waals surface area contributed by atoms with E-state index in [1.54, 1.807) is 6.33 Å². The third-order valence-corrected chi connectivity index (χ3v) is 10.9. The largest absolute Gasteiger partial charge is 0.512 e. The number of aryl methyl sites for hydroxylation is 3. The summed E-state index contributed by atoms with van der Waals surface area (Å²) in [5, 5.41) is 16.2. The molecule has 0 atom stereocenters. The van der Waals surface area contributed by atoms with Crippen LogP contribution in [0.4, 0.5) is 0 Å². The summed E-state index contributed by atoms with van der Waals surface area (Å²) in [6.45, 7) is 16.4. The summed E-state index contributed by atoms with van der Waals surface area (Å²) < 4.78 is 2.22. The second kappa shape index (κ2) is 14.7. The molecule has 5 nitrogen and oxygen atoms in total. The van der Waals surface area contributed by atoms with Gasteiger partial charge in [-0.2, -0.15) is 0 Å². The van der Waals surface area contributed by atoms with E-state index in [1.807, 2.05) is 47.6 Å². The van der Waals surface area contributed by atoms with E-state index in [1.165, 1.54) is 44.3 Å². The van der Waals surface area contributed by atoms with Crippen LogP contribution in [0.5, 0.6) is 0 Å². The first-order valence-corrected chi connectivity index (χ1v) is 16.9. The van der Waals surface area contributed by atoms with Gasteiger partial charge >= 0.3 is 0 Å². The van der Waals surface area contributed by atoms with E-state index < -0.39 is 0 Å². The van der Waals surface area contributed by atoms with E-state index in [-0.39, 0.29) is 42.5 Å². The molecule has 0 aliphatic rings. The van der Waals surface area contributed by atoms with Crippen LogP contribution in [0.25, 0.3) is 54.7 Å². The topological polar surface area (TPSA) is 68.0 Å². The van der Waals surface area contributed by atoms with E-state index in [9.17, 15) is 9.90 Å². The Kier molecular flexibility index (Phi) is 11.3. The summed E-state index contributed by atoms with van der Waals surface area (Å²) in [5.41, 5.74) is 7.12. The monoisotopic (exact) mass is 819 g/mol. The molecule has 6 rings (SSSR count). The standard InChI is InChI=1S/C27H20N3.C15H28O2.Ir/c1-16-10-21-13-23-24(14-22(21)11-17(16)2)30(3)27-25(28-15-29-26(23)27)20-9-8-18-6-4-5-7-19(18)12-20;1-7-14(5,8-2)12(16)11-13(17)15(6,9-3)10-4;/h4-8,10-15H,1-3H3;11,16H,7-10H2,1-6H3;/q-1;;/b;12-11-;. The second-order valence-electron chi connectivity index (χ2n) is 13.5. The molecule has 0 unspecified atom stereocenters.